The van der Waals surface area contributed by atoms with E-state index >= 15 is 0 Å². The molecule has 0 radical (unpaired) electrons. The van der Waals surface area contributed by atoms with Gasteiger partial charge in [-0.05, 0) is 62.8 Å². The van der Waals surface area contributed by atoms with Crippen molar-refractivity contribution in [1.29, 1.82) is 0 Å². The number of anilines is 3. The second-order valence-corrected chi connectivity index (χ2v) is 12.0. The zero-order valence-corrected chi connectivity index (χ0v) is 24.6. The highest BCUT2D eigenvalue weighted by atomic mass is 35.5. The molecular formula is C30H33Cl2FN8O. The van der Waals surface area contributed by atoms with Crippen LogP contribution in [0, 0.1) is 11.7 Å². The summed E-state index contributed by atoms with van der Waals surface area (Å²) in [4.78, 5) is 28.5. The number of aromatic nitrogens is 4. The molecule has 0 spiro atoms. The normalized spacial score (nSPS) is 21.4. The molecule has 1 amide bonds. The molecule has 2 aromatic heterocycles. The number of nitrogens with zero attached hydrogens (tertiary/aromatic N) is 5. The summed E-state index contributed by atoms with van der Waals surface area (Å²) in [6.45, 7) is 2.83. The zero-order chi connectivity index (χ0) is 29.2. The first-order valence-corrected chi connectivity index (χ1v) is 15.1. The Morgan fingerprint density at radius 2 is 1.86 bits per heavy atom. The topological polar surface area (TPSA) is 114 Å². The lowest BCUT2D eigenvalue weighted by atomic mass is 9.85. The van der Waals surface area contributed by atoms with Crippen molar-refractivity contribution >= 4 is 57.9 Å². The van der Waals surface area contributed by atoms with Crippen molar-refractivity contribution in [1.82, 2.24) is 24.4 Å². The maximum Gasteiger partial charge on any atom is 0.225 e. The van der Waals surface area contributed by atoms with Crippen LogP contribution in [0.2, 0.25) is 10.0 Å². The number of carbonyl (C=O) groups excluding carboxylic acids is 1. The average Bonchev–Trinajstić information content (AvgIpc) is 3.33. The number of hydrogen-bond donors (Lipinski definition) is 3. The molecule has 2 fully saturated rings. The number of primary amides is 1. The van der Waals surface area contributed by atoms with E-state index in [1.807, 2.05) is 10.6 Å². The van der Waals surface area contributed by atoms with Crippen LogP contribution in [-0.4, -0.2) is 49.5 Å². The highest BCUT2D eigenvalue weighted by molar-refractivity contribution is 6.36. The molecule has 220 valence electrons. The summed E-state index contributed by atoms with van der Waals surface area (Å²) in [5.74, 6) is -0.112. The van der Waals surface area contributed by atoms with Crippen LogP contribution in [0.4, 0.5) is 22.0 Å². The minimum Gasteiger partial charge on any atom is -0.369 e. The minimum absolute atomic E-state index is 0.0268. The summed E-state index contributed by atoms with van der Waals surface area (Å²) in [5, 5.41) is 6.97. The summed E-state index contributed by atoms with van der Waals surface area (Å²) in [7, 11) is 0. The first-order valence-electron chi connectivity index (χ1n) is 14.3. The summed E-state index contributed by atoms with van der Waals surface area (Å²) < 4.78 is 16.9. The first kappa shape index (κ1) is 28.6. The number of imidazole rings is 1. The molecule has 9 nitrogen and oxygen atoms in total. The van der Waals surface area contributed by atoms with Crippen molar-refractivity contribution in [3.63, 3.8) is 0 Å². The molecular weight excluding hydrogens is 578 g/mol. The van der Waals surface area contributed by atoms with Crippen LogP contribution < -0.4 is 16.4 Å². The van der Waals surface area contributed by atoms with Gasteiger partial charge in [0.2, 0.25) is 17.8 Å². The molecule has 1 atom stereocenters. The van der Waals surface area contributed by atoms with Crippen molar-refractivity contribution in [3.8, 4) is 0 Å². The van der Waals surface area contributed by atoms with Crippen molar-refractivity contribution in [2.45, 2.75) is 57.2 Å². The Morgan fingerprint density at radius 1 is 1.07 bits per heavy atom. The highest BCUT2D eigenvalue weighted by Gasteiger charge is 2.30. The van der Waals surface area contributed by atoms with Crippen LogP contribution in [0.15, 0.2) is 48.7 Å². The van der Waals surface area contributed by atoms with Gasteiger partial charge < -0.3 is 16.4 Å². The Balaban J connectivity index is 1.28. The molecule has 42 heavy (non-hydrogen) atoms. The van der Waals surface area contributed by atoms with Gasteiger partial charge in [0.1, 0.15) is 11.3 Å². The van der Waals surface area contributed by atoms with Gasteiger partial charge in [-0.15, -0.1) is 0 Å². The molecule has 2 aliphatic rings. The Kier molecular flexibility index (Phi) is 8.46. The van der Waals surface area contributed by atoms with Crippen molar-refractivity contribution in [3.05, 3.63) is 70.1 Å². The lowest BCUT2D eigenvalue weighted by Gasteiger charge is -2.33. The number of benzene rings is 2. The molecule has 1 aliphatic carbocycles. The Morgan fingerprint density at radius 3 is 2.60 bits per heavy atom. The predicted molar refractivity (Wildman–Crippen MR) is 164 cm³/mol. The number of amides is 1. The van der Waals surface area contributed by atoms with E-state index in [9.17, 15) is 9.18 Å². The van der Waals surface area contributed by atoms with Crippen molar-refractivity contribution in [2.75, 3.05) is 23.7 Å². The number of fused-ring (bicyclic) bond motifs is 1. The third-order valence-electron chi connectivity index (χ3n) is 8.23. The van der Waals surface area contributed by atoms with Crippen LogP contribution in [0.3, 0.4) is 0 Å². The van der Waals surface area contributed by atoms with Crippen LogP contribution >= 0.6 is 23.2 Å². The molecule has 0 bridgehead atoms. The van der Waals surface area contributed by atoms with Gasteiger partial charge in [0.05, 0.1) is 16.9 Å². The van der Waals surface area contributed by atoms with Crippen molar-refractivity contribution in [2.24, 2.45) is 11.7 Å². The SMILES string of the molecule is NC(=O)C1CCC(n2c(Nc3c(F)cc(Cl)cc3Cl)nc3cnc(N[C@@H]4CCCN(Cc5ccccc5)C4)nc32)CC1. The molecule has 2 aromatic carbocycles. The van der Waals surface area contributed by atoms with Crippen LogP contribution in [0.5, 0.6) is 0 Å². The summed E-state index contributed by atoms with van der Waals surface area (Å²) >= 11 is 12.3. The number of likely N-dealkylation sites (tertiary alicyclic amines) is 1. The summed E-state index contributed by atoms with van der Waals surface area (Å²) in [6.07, 6.45) is 6.50. The maximum absolute atomic E-state index is 14.9. The zero-order valence-electron chi connectivity index (χ0n) is 23.1. The fourth-order valence-electron chi connectivity index (χ4n) is 6.13. The van der Waals surface area contributed by atoms with Gasteiger partial charge in [-0.2, -0.15) is 4.98 Å². The van der Waals surface area contributed by atoms with Crippen molar-refractivity contribution < 1.29 is 9.18 Å². The van der Waals surface area contributed by atoms with Gasteiger partial charge in [0.25, 0.3) is 0 Å². The number of nitrogens with one attached hydrogen (secondary N) is 2. The quantitative estimate of drug-likeness (QED) is 0.214. The lowest BCUT2D eigenvalue weighted by molar-refractivity contribution is -0.122. The molecule has 12 heteroatoms. The van der Waals surface area contributed by atoms with E-state index in [2.05, 4.69) is 44.8 Å². The number of carbonyl (C=O) groups is 1. The third kappa shape index (κ3) is 6.30. The fourth-order valence-corrected chi connectivity index (χ4v) is 6.64. The van der Waals surface area contributed by atoms with E-state index < -0.39 is 5.82 Å². The molecule has 3 heterocycles. The standard InChI is InChI=1S/C30H33Cl2FN8O/c31-20-13-23(32)26(24(33)14-20)38-30-37-25-15-35-29(39-28(25)41(30)22-10-8-19(9-11-22)27(34)42)36-21-7-4-12-40(17-21)16-18-5-2-1-3-6-18/h1-3,5-6,13-15,19,21-22H,4,7-12,16-17H2,(H2,34,42)(H,37,38)(H,35,36,39)/t19?,21-,22?/m1/s1. The van der Waals surface area contributed by atoms with E-state index in [4.69, 9.17) is 38.9 Å². The largest absolute Gasteiger partial charge is 0.369 e. The van der Waals surface area contributed by atoms with Crippen LogP contribution in [-0.2, 0) is 11.3 Å². The van der Waals surface area contributed by atoms with Crippen LogP contribution in [0.1, 0.15) is 50.1 Å². The van der Waals surface area contributed by atoms with Gasteiger partial charge in [-0.25, -0.2) is 14.4 Å². The molecule has 4 N–H and O–H groups in total. The Labute approximate surface area is 253 Å². The van der Waals surface area contributed by atoms with E-state index in [0.717, 1.165) is 32.5 Å². The fraction of sp³-hybridized carbons (Fsp3) is 0.400. The number of halogens is 3. The predicted octanol–water partition coefficient (Wildman–Crippen LogP) is 6.31. The number of hydrogen-bond acceptors (Lipinski definition) is 7. The van der Waals surface area contributed by atoms with Gasteiger partial charge in [0.15, 0.2) is 5.65 Å². The lowest BCUT2D eigenvalue weighted by Crippen LogP contribution is -2.41. The maximum atomic E-state index is 14.9. The second-order valence-electron chi connectivity index (χ2n) is 11.2. The highest BCUT2D eigenvalue weighted by Crippen LogP contribution is 2.38. The van der Waals surface area contributed by atoms with Gasteiger partial charge >= 0.3 is 0 Å². The summed E-state index contributed by atoms with van der Waals surface area (Å²) in [5.41, 5.74) is 8.16. The first-order chi connectivity index (χ1) is 20.3. The Bertz CT molecular complexity index is 1550. The molecule has 4 aromatic rings. The van der Waals surface area contributed by atoms with Crippen LogP contribution in [0.25, 0.3) is 11.2 Å². The summed E-state index contributed by atoms with van der Waals surface area (Å²) in [6, 6.07) is 13.3. The number of piperidine rings is 1. The Hall–Kier alpha value is -3.47. The monoisotopic (exact) mass is 610 g/mol. The molecule has 1 saturated heterocycles. The number of rotatable bonds is 8. The van der Waals surface area contributed by atoms with E-state index in [-0.39, 0.29) is 39.6 Å². The average molecular weight is 612 g/mol. The molecule has 6 rings (SSSR count). The molecule has 0 unspecified atom stereocenters. The van der Waals surface area contributed by atoms with Gasteiger partial charge in [-0.1, -0.05) is 53.5 Å². The van der Waals surface area contributed by atoms with Gasteiger partial charge in [-0.3, -0.25) is 14.3 Å². The minimum atomic E-state index is -0.589. The van der Waals surface area contributed by atoms with E-state index in [1.54, 1.807) is 6.20 Å². The second kappa shape index (κ2) is 12.4. The third-order valence-corrected chi connectivity index (χ3v) is 8.74. The van der Waals surface area contributed by atoms with E-state index in [1.165, 1.54) is 17.7 Å². The van der Waals surface area contributed by atoms with E-state index in [0.29, 0.717) is 48.7 Å². The molecule has 1 aliphatic heterocycles. The van der Waals surface area contributed by atoms with Gasteiger partial charge in [0, 0.05) is 36.1 Å². The number of nitrogens with two attached hydrogens (primary N) is 1. The smallest absolute Gasteiger partial charge is 0.225 e. The molecule has 1 saturated carbocycles.